The number of pyridine rings is 2. The number of carbonyl (C=O) groups excluding carboxylic acids is 1. The number of carbonyl (C=O) groups is 1. The van der Waals surface area contributed by atoms with Crippen molar-refractivity contribution in [3.63, 3.8) is 0 Å². The van der Waals surface area contributed by atoms with Gasteiger partial charge in [-0.3, -0.25) is 14.5 Å². The number of halogens is 1. The summed E-state index contributed by atoms with van der Waals surface area (Å²) in [5, 5.41) is 20.9. The lowest BCUT2D eigenvalue weighted by Crippen LogP contribution is -2.54. The third-order valence-electron chi connectivity index (χ3n) is 5.86. The van der Waals surface area contributed by atoms with Gasteiger partial charge in [0.05, 0.1) is 16.6 Å². The average Bonchev–Trinajstić information content (AvgIpc) is 3.18. The van der Waals surface area contributed by atoms with Crippen molar-refractivity contribution in [2.75, 3.05) is 23.3 Å². The molecule has 1 aliphatic rings. The van der Waals surface area contributed by atoms with Crippen molar-refractivity contribution >= 4 is 39.2 Å². The molecule has 4 aromatic rings. The van der Waals surface area contributed by atoms with Gasteiger partial charge in [-0.1, -0.05) is 0 Å². The predicted molar refractivity (Wildman–Crippen MR) is 127 cm³/mol. The Morgan fingerprint density at radius 1 is 1.18 bits per heavy atom. The number of fused-ring (bicyclic) bond motifs is 2. The Morgan fingerprint density at radius 2 is 1.94 bits per heavy atom. The molecule has 0 spiro atoms. The van der Waals surface area contributed by atoms with E-state index in [1.54, 1.807) is 25.4 Å². The first kappa shape index (κ1) is 21.7. The number of benzene rings is 1. The van der Waals surface area contributed by atoms with Gasteiger partial charge in [-0.25, -0.2) is 9.37 Å². The number of nitrogens with one attached hydrogen (secondary N) is 2. The maximum Gasteiger partial charge on any atom is 0.259 e. The monoisotopic (exact) mass is 458 g/mol. The van der Waals surface area contributed by atoms with Crippen molar-refractivity contribution < 1.29 is 9.18 Å². The Hall–Kier alpha value is -4.10. The third-order valence-corrected chi connectivity index (χ3v) is 5.86. The molecular formula is C24H23FN8O. The van der Waals surface area contributed by atoms with Gasteiger partial charge in [0.15, 0.2) is 5.82 Å². The van der Waals surface area contributed by atoms with Crippen LogP contribution in [0, 0.1) is 17.1 Å². The van der Waals surface area contributed by atoms with E-state index in [4.69, 9.17) is 0 Å². The van der Waals surface area contributed by atoms with Crippen molar-refractivity contribution in [1.29, 1.82) is 5.26 Å². The molecule has 1 fully saturated rings. The molecule has 4 heterocycles. The second kappa shape index (κ2) is 8.35. The Bertz CT molecular complexity index is 1460. The van der Waals surface area contributed by atoms with Gasteiger partial charge in [-0.15, -0.1) is 0 Å². The lowest BCUT2D eigenvalue weighted by atomic mass is 10.1. The van der Waals surface area contributed by atoms with Crippen molar-refractivity contribution in [2.24, 2.45) is 7.05 Å². The molecule has 172 valence electrons. The Balaban J connectivity index is 1.55. The van der Waals surface area contributed by atoms with Crippen LogP contribution in [0.15, 0.2) is 36.8 Å². The van der Waals surface area contributed by atoms with Gasteiger partial charge < -0.3 is 15.5 Å². The zero-order valence-electron chi connectivity index (χ0n) is 19.0. The van der Waals surface area contributed by atoms with Gasteiger partial charge in [-0.05, 0) is 32.0 Å². The van der Waals surface area contributed by atoms with E-state index >= 15 is 0 Å². The topological polar surface area (TPSA) is 112 Å². The van der Waals surface area contributed by atoms with E-state index < -0.39 is 11.7 Å². The van der Waals surface area contributed by atoms with E-state index in [2.05, 4.69) is 50.5 Å². The van der Waals surface area contributed by atoms with Crippen LogP contribution in [-0.4, -0.2) is 50.8 Å². The van der Waals surface area contributed by atoms with Crippen LogP contribution in [0.3, 0.4) is 0 Å². The smallest absolute Gasteiger partial charge is 0.259 e. The molecule has 1 saturated heterocycles. The second-order valence-corrected chi connectivity index (χ2v) is 8.75. The van der Waals surface area contributed by atoms with Gasteiger partial charge in [0.1, 0.15) is 17.4 Å². The summed E-state index contributed by atoms with van der Waals surface area (Å²) in [6.45, 7) is 5.67. The maximum absolute atomic E-state index is 14.5. The fourth-order valence-corrected chi connectivity index (χ4v) is 4.57. The number of amides is 1. The lowest BCUT2D eigenvalue weighted by Gasteiger charge is -2.37. The van der Waals surface area contributed by atoms with Crippen LogP contribution >= 0.6 is 0 Å². The number of piperazine rings is 1. The third kappa shape index (κ3) is 3.91. The van der Waals surface area contributed by atoms with Gasteiger partial charge in [0.2, 0.25) is 0 Å². The predicted octanol–water partition coefficient (Wildman–Crippen LogP) is 2.97. The van der Waals surface area contributed by atoms with Crippen molar-refractivity contribution in [3.05, 3.63) is 53.7 Å². The number of nitriles is 1. The Kier molecular flexibility index (Phi) is 5.34. The van der Waals surface area contributed by atoms with Crippen LogP contribution in [0.5, 0.6) is 0 Å². The summed E-state index contributed by atoms with van der Waals surface area (Å²) < 4.78 is 16.0. The molecule has 5 rings (SSSR count). The standard InChI is InChI=1S/C24H23FN8O/c1-13-10-33(11-14(2)29-13)23-18-4-15(7-26)8-27-22(18)19(9-28-23)24(34)30-17-5-16-12-32(3)31-21(16)20(25)6-17/h4-6,8-9,12-14,29H,10-11H2,1-3H3,(H,30,34)/t13-,14-/m1/s1. The number of nitrogens with zero attached hydrogens (tertiary/aromatic N) is 6. The van der Waals surface area contributed by atoms with Crippen LogP contribution in [-0.2, 0) is 7.05 Å². The summed E-state index contributed by atoms with van der Waals surface area (Å²) in [5.74, 6) is -0.310. The molecule has 2 N–H and O–H groups in total. The summed E-state index contributed by atoms with van der Waals surface area (Å²) in [6, 6.07) is 7.24. The fraction of sp³-hybridized carbons (Fsp3) is 0.292. The number of hydrogen-bond donors (Lipinski definition) is 2. The van der Waals surface area contributed by atoms with Crippen LogP contribution in [0.2, 0.25) is 0 Å². The number of rotatable bonds is 3. The Morgan fingerprint density at radius 3 is 2.68 bits per heavy atom. The molecule has 0 aliphatic carbocycles. The average molecular weight is 459 g/mol. The Labute approximate surface area is 195 Å². The highest BCUT2D eigenvalue weighted by Crippen LogP contribution is 2.29. The second-order valence-electron chi connectivity index (χ2n) is 8.75. The fourth-order valence-electron chi connectivity index (χ4n) is 4.57. The zero-order valence-corrected chi connectivity index (χ0v) is 19.0. The molecular weight excluding hydrogens is 435 g/mol. The largest absolute Gasteiger partial charge is 0.353 e. The summed E-state index contributed by atoms with van der Waals surface area (Å²) in [5.41, 5.74) is 1.60. The number of hydrogen-bond acceptors (Lipinski definition) is 7. The van der Waals surface area contributed by atoms with Crippen LogP contribution in [0.4, 0.5) is 15.9 Å². The summed E-state index contributed by atoms with van der Waals surface area (Å²) >= 11 is 0. The number of anilines is 2. The van der Waals surface area contributed by atoms with Gasteiger partial charge in [0.25, 0.3) is 5.91 Å². The molecule has 9 nitrogen and oxygen atoms in total. The van der Waals surface area contributed by atoms with E-state index in [0.29, 0.717) is 33.4 Å². The van der Waals surface area contributed by atoms with Gasteiger partial charge in [-0.2, -0.15) is 10.4 Å². The number of aryl methyl sites for hydroxylation is 1. The van der Waals surface area contributed by atoms with Crippen LogP contribution in [0.1, 0.15) is 29.8 Å². The summed E-state index contributed by atoms with van der Waals surface area (Å²) in [4.78, 5) is 24.4. The van der Waals surface area contributed by atoms with E-state index in [1.165, 1.54) is 23.1 Å². The molecule has 0 radical (unpaired) electrons. The van der Waals surface area contributed by atoms with Crippen LogP contribution in [0.25, 0.3) is 21.8 Å². The molecule has 1 amide bonds. The minimum absolute atomic E-state index is 0.238. The SMILES string of the molecule is C[C@@H]1CN(c2ncc(C(=O)Nc3cc(F)c4nn(C)cc4c3)c3ncc(C#N)cc23)C[C@@H](C)N1. The van der Waals surface area contributed by atoms with Crippen molar-refractivity contribution in [2.45, 2.75) is 25.9 Å². The summed E-state index contributed by atoms with van der Waals surface area (Å²) in [6.07, 6.45) is 4.61. The molecule has 34 heavy (non-hydrogen) atoms. The highest BCUT2D eigenvalue weighted by atomic mass is 19.1. The van der Waals surface area contributed by atoms with E-state index in [0.717, 1.165) is 13.1 Å². The molecule has 0 unspecified atom stereocenters. The van der Waals surface area contributed by atoms with E-state index in [9.17, 15) is 14.4 Å². The lowest BCUT2D eigenvalue weighted by molar-refractivity contribution is 0.102. The van der Waals surface area contributed by atoms with Gasteiger partial charge >= 0.3 is 0 Å². The maximum atomic E-state index is 14.5. The number of aromatic nitrogens is 4. The molecule has 10 heteroatoms. The normalized spacial score (nSPS) is 18.3. The quantitative estimate of drug-likeness (QED) is 0.485. The highest BCUT2D eigenvalue weighted by molar-refractivity contribution is 6.13. The van der Waals surface area contributed by atoms with Gasteiger partial charge in [0, 0.05) is 67.3 Å². The molecule has 0 saturated carbocycles. The summed E-state index contributed by atoms with van der Waals surface area (Å²) in [7, 11) is 1.71. The van der Waals surface area contributed by atoms with Crippen molar-refractivity contribution in [3.8, 4) is 6.07 Å². The van der Waals surface area contributed by atoms with Crippen LogP contribution < -0.4 is 15.5 Å². The first-order chi connectivity index (χ1) is 16.3. The minimum atomic E-state index is -0.523. The van der Waals surface area contributed by atoms with Crippen molar-refractivity contribution in [1.82, 2.24) is 25.1 Å². The molecule has 1 aromatic carbocycles. The first-order valence-electron chi connectivity index (χ1n) is 11.0. The first-order valence-corrected chi connectivity index (χ1v) is 11.0. The molecule has 1 aliphatic heterocycles. The molecule has 0 bridgehead atoms. The van der Waals surface area contributed by atoms with E-state index in [1.807, 2.05) is 0 Å². The molecule has 2 atom stereocenters. The highest BCUT2D eigenvalue weighted by Gasteiger charge is 2.25. The minimum Gasteiger partial charge on any atom is -0.353 e. The van der Waals surface area contributed by atoms with E-state index in [-0.39, 0.29) is 23.2 Å². The molecule has 3 aromatic heterocycles. The zero-order chi connectivity index (χ0) is 24.0.